The number of pyridine rings is 1. The van der Waals surface area contributed by atoms with Gasteiger partial charge in [0.2, 0.25) is 23.1 Å². The van der Waals surface area contributed by atoms with Crippen molar-refractivity contribution in [3.05, 3.63) is 57.4 Å². The average Bonchev–Trinajstić information content (AvgIpc) is 2.41. The number of ether oxygens (including phenoxy) is 1. The lowest BCUT2D eigenvalue weighted by molar-refractivity contribution is -0.386. The predicted octanol–water partition coefficient (Wildman–Crippen LogP) is 3.65. The highest BCUT2D eigenvalue weighted by Gasteiger charge is 2.26. The fourth-order valence-corrected chi connectivity index (χ4v) is 1.62. The van der Waals surface area contributed by atoms with Gasteiger partial charge in [0.1, 0.15) is 0 Å². The third-order valence-corrected chi connectivity index (χ3v) is 2.55. The SMILES string of the molecule is Cc1cccc(Oc2c(F)c(F)nc(F)c2F)c1[N+](=O)[O-]. The van der Waals surface area contributed by atoms with Crippen LogP contribution in [0.15, 0.2) is 18.2 Å². The molecule has 0 radical (unpaired) electrons. The molecular formula is C12H6F4N2O3. The molecule has 0 amide bonds. The number of para-hydroxylation sites is 1. The van der Waals surface area contributed by atoms with Crippen molar-refractivity contribution in [2.24, 2.45) is 0 Å². The number of benzene rings is 1. The Balaban J connectivity index is 2.59. The van der Waals surface area contributed by atoms with Gasteiger partial charge < -0.3 is 4.74 Å². The summed E-state index contributed by atoms with van der Waals surface area (Å²) < 4.78 is 57.4. The van der Waals surface area contributed by atoms with E-state index in [1.807, 2.05) is 0 Å². The quantitative estimate of drug-likeness (QED) is 0.376. The molecule has 1 heterocycles. The molecule has 0 bridgehead atoms. The zero-order valence-corrected chi connectivity index (χ0v) is 10.4. The van der Waals surface area contributed by atoms with Crippen LogP contribution in [0.3, 0.4) is 0 Å². The number of nitro groups is 1. The summed E-state index contributed by atoms with van der Waals surface area (Å²) in [7, 11) is 0. The first-order valence-electron chi connectivity index (χ1n) is 5.44. The van der Waals surface area contributed by atoms with E-state index in [4.69, 9.17) is 0 Å². The Labute approximate surface area is 115 Å². The molecule has 0 fully saturated rings. The second-order valence-electron chi connectivity index (χ2n) is 3.93. The Kier molecular flexibility index (Phi) is 3.74. The van der Waals surface area contributed by atoms with E-state index in [0.717, 1.165) is 6.07 Å². The molecule has 1 aromatic carbocycles. The summed E-state index contributed by atoms with van der Waals surface area (Å²) in [6.07, 6.45) is 0. The van der Waals surface area contributed by atoms with E-state index in [2.05, 4.69) is 9.72 Å². The van der Waals surface area contributed by atoms with Crippen molar-refractivity contribution in [2.75, 3.05) is 0 Å². The van der Waals surface area contributed by atoms with Crippen LogP contribution in [0.4, 0.5) is 23.2 Å². The van der Waals surface area contributed by atoms with Gasteiger partial charge in [-0.25, -0.2) is 0 Å². The molecule has 5 nitrogen and oxygen atoms in total. The molecule has 0 unspecified atom stereocenters. The highest BCUT2D eigenvalue weighted by atomic mass is 19.2. The van der Waals surface area contributed by atoms with Gasteiger partial charge in [0.05, 0.1) is 4.92 Å². The molecule has 21 heavy (non-hydrogen) atoms. The summed E-state index contributed by atoms with van der Waals surface area (Å²) in [5.74, 6) is -9.59. The summed E-state index contributed by atoms with van der Waals surface area (Å²) in [4.78, 5) is 12.4. The van der Waals surface area contributed by atoms with Crippen LogP contribution in [-0.2, 0) is 0 Å². The van der Waals surface area contributed by atoms with E-state index >= 15 is 0 Å². The summed E-state index contributed by atoms with van der Waals surface area (Å²) >= 11 is 0. The van der Waals surface area contributed by atoms with E-state index in [9.17, 15) is 27.7 Å². The normalized spacial score (nSPS) is 10.5. The fourth-order valence-electron chi connectivity index (χ4n) is 1.62. The molecule has 0 aliphatic carbocycles. The first-order chi connectivity index (χ1) is 9.82. The second-order valence-corrected chi connectivity index (χ2v) is 3.93. The zero-order chi connectivity index (χ0) is 15.7. The molecule has 110 valence electrons. The van der Waals surface area contributed by atoms with Crippen molar-refractivity contribution < 1.29 is 27.2 Å². The van der Waals surface area contributed by atoms with Crippen molar-refractivity contribution in [3.8, 4) is 11.5 Å². The standard InChI is InChI=1S/C12H6F4N2O3/c1-5-3-2-4-6(9(5)18(19)20)21-10-7(13)11(15)17-12(16)8(10)14/h2-4H,1H3. The van der Waals surface area contributed by atoms with Gasteiger partial charge in [-0.15, -0.1) is 0 Å². The van der Waals surface area contributed by atoms with Crippen LogP contribution >= 0.6 is 0 Å². The van der Waals surface area contributed by atoms with Crippen LogP contribution < -0.4 is 4.74 Å². The van der Waals surface area contributed by atoms with E-state index in [1.54, 1.807) is 0 Å². The molecular weight excluding hydrogens is 296 g/mol. The van der Waals surface area contributed by atoms with Crippen molar-refractivity contribution in [1.82, 2.24) is 4.98 Å². The summed E-state index contributed by atoms with van der Waals surface area (Å²) in [5.41, 5.74) is -0.428. The Bertz CT molecular complexity index is 711. The summed E-state index contributed by atoms with van der Waals surface area (Å²) in [6, 6.07) is 3.73. The number of nitro benzene ring substituents is 1. The predicted molar refractivity (Wildman–Crippen MR) is 62.0 cm³/mol. The maximum Gasteiger partial charge on any atom is 0.314 e. The van der Waals surface area contributed by atoms with E-state index < -0.39 is 45.6 Å². The Hall–Kier alpha value is -2.71. The molecule has 0 aliphatic rings. The number of rotatable bonds is 3. The number of nitrogens with zero attached hydrogens (tertiary/aromatic N) is 2. The van der Waals surface area contributed by atoms with Crippen LogP contribution in [0.2, 0.25) is 0 Å². The summed E-state index contributed by atoms with van der Waals surface area (Å²) in [6.45, 7) is 1.37. The van der Waals surface area contributed by atoms with Gasteiger partial charge in [0.25, 0.3) is 11.9 Å². The summed E-state index contributed by atoms with van der Waals surface area (Å²) in [5, 5.41) is 10.9. The number of aromatic nitrogens is 1. The third kappa shape index (κ3) is 2.62. The van der Waals surface area contributed by atoms with Crippen molar-refractivity contribution in [1.29, 1.82) is 0 Å². The molecule has 0 aliphatic heterocycles. The van der Waals surface area contributed by atoms with Gasteiger partial charge in [-0.1, -0.05) is 12.1 Å². The smallest absolute Gasteiger partial charge is 0.314 e. The monoisotopic (exact) mass is 302 g/mol. The minimum atomic E-state index is -1.92. The van der Waals surface area contributed by atoms with Crippen molar-refractivity contribution in [2.45, 2.75) is 6.92 Å². The van der Waals surface area contributed by atoms with Crippen LogP contribution in [0.5, 0.6) is 11.5 Å². The molecule has 2 aromatic rings. The molecule has 0 atom stereocenters. The van der Waals surface area contributed by atoms with E-state index in [0.29, 0.717) is 0 Å². The van der Waals surface area contributed by atoms with Gasteiger partial charge in [-0.3, -0.25) is 10.1 Å². The molecule has 0 saturated carbocycles. The second kappa shape index (κ2) is 5.35. The Morgan fingerprint density at radius 2 is 1.71 bits per heavy atom. The third-order valence-electron chi connectivity index (χ3n) is 2.55. The van der Waals surface area contributed by atoms with Crippen molar-refractivity contribution in [3.63, 3.8) is 0 Å². The first-order valence-corrected chi connectivity index (χ1v) is 5.44. The van der Waals surface area contributed by atoms with Crippen LogP contribution in [0, 0.1) is 40.6 Å². The zero-order valence-electron chi connectivity index (χ0n) is 10.4. The lowest BCUT2D eigenvalue weighted by Gasteiger charge is -2.09. The maximum absolute atomic E-state index is 13.4. The van der Waals surface area contributed by atoms with Gasteiger partial charge in [-0.2, -0.15) is 22.5 Å². The number of hydrogen-bond donors (Lipinski definition) is 0. The first kappa shape index (κ1) is 14.7. The van der Waals surface area contributed by atoms with Gasteiger partial charge >= 0.3 is 5.69 Å². The number of hydrogen-bond acceptors (Lipinski definition) is 4. The number of halogens is 4. The van der Waals surface area contributed by atoms with Crippen LogP contribution in [0.25, 0.3) is 0 Å². The van der Waals surface area contributed by atoms with E-state index in [-0.39, 0.29) is 5.56 Å². The highest BCUT2D eigenvalue weighted by molar-refractivity contribution is 5.53. The van der Waals surface area contributed by atoms with E-state index in [1.165, 1.54) is 19.1 Å². The largest absolute Gasteiger partial charge is 0.444 e. The Morgan fingerprint density at radius 3 is 2.24 bits per heavy atom. The molecule has 0 spiro atoms. The van der Waals surface area contributed by atoms with Gasteiger partial charge in [0.15, 0.2) is 0 Å². The molecule has 0 N–H and O–H groups in total. The highest BCUT2D eigenvalue weighted by Crippen LogP contribution is 2.36. The van der Waals surface area contributed by atoms with Gasteiger partial charge in [0, 0.05) is 5.56 Å². The maximum atomic E-state index is 13.4. The number of aryl methyl sites for hydroxylation is 1. The molecule has 1 aromatic heterocycles. The fraction of sp³-hybridized carbons (Fsp3) is 0.0833. The molecule has 2 rings (SSSR count). The van der Waals surface area contributed by atoms with Crippen molar-refractivity contribution >= 4 is 5.69 Å². The molecule has 0 saturated heterocycles. The minimum absolute atomic E-state index is 0.147. The van der Waals surface area contributed by atoms with Crippen LogP contribution in [0.1, 0.15) is 5.56 Å². The lowest BCUT2D eigenvalue weighted by Crippen LogP contribution is -2.04. The van der Waals surface area contributed by atoms with Gasteiger partial charge in [-0.05, 0) is 13.0 Å². The minimum Gasteiger partial charge on any atom is -0.444 e. The lowest BCUT2D eigenvalue weighted by atomic mass is 10.2. The van der Waals surface area contributed by atoms with Crippen LogP contribution in [-0.4, -0.2) is 9.91 Å². The average molecular weight is 302 g/mol. The topological polar surface area (TPSA) is 65.3 Å². The Morgan fingerprint density at radius 1 is 1.14 bits per heavy atom. The molecule has 9 heteroatoms.